The van der Waals surface area contributed by atoms with Gasteiger partial charge >= 0.3 is 0 Å². The Morgan fingerprint density at radius 1 is 1.29 bits per heavy atom. The van der Waals surface area contributed by atoms with E-state index in [1.807, 2.05) is 6.92 Å². The molecule has 6 nitrogen and oxygen atoms in total. The zero-order valence-corrected chi connectivity index (χ0v) is 12.9. The first kappa shape index (κ1) is 17.4. The smallest absolute Gasteiger partial charge is 0.292 e. The zero-order chi connectivity index (χ0) is 15.7. The van der Waals surface area contributed by atoms with Gasteiger partial charge in [0.25, 0.3) is 5.69 Å². The molecule has 0 bridgehead atoms. The largest absolute Gasteiger partial charge is 0.380 e. The van der Waals surface area contributed by atoms with Crippen LogP contribution in [0.1, 0.15) is 26.3 Å². The molecule has 0 atom stereocenters. The number of nitrogens with one attached hydrogen (secondary N) is 1. The Kier molecular flexibility index (Phi) is 7.71. The van der Waals surface area contributed by atoms with Gasteiger partial charge < -0.3 is 14.8 Å². The van der Waals surface area contributed by atoms with Crippen molar-refractivity contribution >= 4 is 11.4 Å². The Hall–Kier alpha value is -1.66. The van der Waals surface area contributed by atoms with Crippen molar-refractivity contribution in [1.29, 1.82) is 0 Å². The summed E-state index contributed by atoms with van der Waals surface area (Å²) in [4.78, 5) is 10.5. The number of benzene rings is 1. The van der Waals surface area contributed by atoms with E-state index in [0.29, 0.717) is 38.0 Å². The molecule has 0 heterocycles. The third kappa shape index (κ3) is 6.55. The lowest BCUT2D eigenvalue weighted by Gasteiger charge is -2.09. The summed E-state index contributed by atoms with van der Waals surface area (Å²) < 4.78 is 10.9. The van der Waals surface area contributed by atoms with Gasteiger partial charge in [-0.25, -0.2) is 0 Å². The molecule has 1 N–H and O–H groups in total. The molecular formula is C15H24N2O4. The van der Waals surface area contributed by atoms with E-state index < -0.39 is 0 Å². The van der Waals surface area contributed by atoms with Crippen LogP contribution in [0.25, 0.3) is 0 Å². The van der Waals surface area contributed by atoms with Crippen LogP contribution in [0, 0.1) is 16.0 Å². The Balaban J connectivity index is 2.45. The van der Waals surface area contributed by atoms with Gasteiger partial charge in [-0.05, 0) is 30.5 Å². The Bertz CT molecular complexity index is 449. The minimum Gasteiger partial charge on any atom is -0.380 e. The molecule has 0 aromatic heterocycles. The van der Waals surface area contributed by atoms with Crippen molar-refractivity contribution in [2.45, 2.75) is 27.4 Å². The number of nitro groups is 1. The average Bonchev–Trinajstić information content (AvgIpc) is 2.42. The summed E-state index contributed by atoms with van der Waals surface area (Å²) in [5.41, 5.74) is 1.51. The predicted molar refractivity (Wildman–Crippen MR) is 82.6 cm³/mol. The Labute approximate surface area is 125 Å². The fourth-order valence-corrected chi connectivity index (χ4v) is 1.79. The monoisotopic (exact) mass is 296 g/mol. The molecule has 0 aliphatic heterocycles. The molecule has 0 saturated carbocycles. The van der Waals surface area contributed by atoms with Gasteiger partial charge in [0.05, 0.1) is 24.7 Å². The summed E-state index contributed by atoms with van der Waals surface area (Å²) in [6.45, 7) is 8.95. The second-order valence-corrected chi connectivity index (χ2v) is 5.16. The van der Waals surface area contributed by atoms with Crippen molar-refractivity contribution in [2.75, 3.05) is 31.7 Å². The lowest BCUT2D eigenvalue weighted by molar-refractivity contribution is -0.384. The zero-order valence-electron chi connectivity index (χ0n) is 12.9. The minimum atomic E-state index is -0.387. The van der Waals surface area contributed by atoms with Gasteiger partial charge in [-0.3, -0.25) is 10.1 Å². The SMILES string of the molecule is CCNc1cc(COCCOCC(C)C)ccc1[N+](=O)[O-]. The van der Waals surface area contributed by atoms with Crippen molar-refractivity contribution in [2.24, 2.45) is 5.92 Å². The quantitative estimate of drug-likeness (QED) is 0.408. The number of anilines is 1. The maximum atomic E-state index is 10.9. The molecule has 0 aliphatic carbocycles. The number of hydrogen-bond acceptors (Lipinski definition) is 5. The van der Waals surface area contributed by atoms with E-state index in [1.165, 1.54) is 6.07 Å². The summed E-state index contributed by atoms with van der Waals surface area (Å²) in [6.07, 6.45) is 0. The highest BCUT2D eigenvalue weighted by Crippen LogP contribution is 2.25. The van der Waals surface area contributed by atoms with E-state index in [2.05, 4.69) is 19.2 Å². The Morgan fingerprint density at radius 2 is 2.00 bits per heavy atom. The number of nitro benzene ring substituents is 1. The maximum Gasteiger partial charge on any atom is 0.292 e. The molecule has 1 aromatic rings. The summed E-state index contributed by atoms with van der Waals surface area (Å²) in [5, 5.41) is 13.9. The normalized spacial score (nSPS) is 10.9. The van der Waals surface area contributed by atoms with E-state index in [9.17, 15) is 10.1 Å². The highest BCUT2D eigenvalue weighted by atomic mass is 16.6. The molecule has 1 rings (SSSR count). The molecule has 0 amide bonds. The van der Waals surface area contributed by atoms with E-state index in [1.54, 1.807) is 12.1 Å². The van der Waals surface area contributed by atoms with Crippen molar-refractivity contribution < 1.29 is 14.4 Å². The number of nitrogens with zero attached hydrogens (tertiary/aromatic N) is 1. The first-order valence-corrected chi connectivity index (χ1v) is 7.21. The fourth-order valence-electron chi connectivity index (χ4n) is 1.79. The molecule has 6 heteroatoms. The van der Waals surface area contributed by atoms with E-state index in [0.717, 1.165) is 12.2 Å². The maximum absolute atomic E-state index is 10.9. The van der Waals surface area contributed by atoms with E-state index >= 15 is 0 Å². The van der Waals surface area contributed by atoms with Crippen LogP contribution in [0.4, 0.5) is 11.4 Å². The van der Waals surface area contributed by atoms with Crippen molar-refractivity contribution in [3.8, 4) is 0 Å². The molecule has 0 spiro atoms. The van der Waals surface area contributed by atoms with Crippen molar-refractivity contribution in [3.05, 3.63) is 33.9 Å². The topological polar surface area (TPSA) is 73.6 Å². The van der Waals surface area contributed by atoms with Gasteiger partial charge in [-0.15, -0.1) is 0 Å². The summed E-state index contributed by atoms with van der Waals surface area (Å²) >= 11 is 0. The average molecular weight is 296 g/mol. The number of ether oxygens (including phenoxy) is 2. The van der Waals surface area contributed by atoms with Gasteiger partial charge in [0.15, 0.2) is 0 Å². The van der Waals surface area contributed by atoms with E-state index in [-0.39, 0.29) is 10.6 Å². The van der Waals surface area contributed by atoms with Crippen LogP contribution in [0.3, 0.4) is 0 Å². The van der Waals surface area contributed by atoms with Gasteiger partial charge in [0.1, 0.15) is 5.69 Å². The van der Waals surface area contributed by atoms with Crippen LogP contribution < -0.4 is 5.32 Å². The standard InChI is InChI=1S/C15H24N2O4/c1-4-16-14-9-13(5-6-15(14)17(18)19)11-21-8-7-20-10-12(2)3/h5-6,9,12,16H,4,7-8,10-11H2,1-3H3. The summed E-state index contributed by atoms with van der Waals surface area (Å²) in [5.74, 6) is 0.516. The first-order valence-electron chi connectivity index (χ1n) is 7.21. The molecule has 0 aliphatic rings. The summed E-state index contributed by atoms with van der Waals surface area (Å²) in [6, 6.07) is 4.98. The molecule has 0 radical (unpaired) electrons. The van der Waals surface area contributed by atoms with Crippen LogP contribution in [-0.4, -0.2) is 31.3 Å². The molecule has 118 valence electrons. The predicted octanol–water partition coefficient (Wildman–Crippen LogP) is 3.22. The van der Waals surface area contributed by atoms with Crippen LogP contribution in [0.2, 0.25) is 0 Å². The number of hydrogen-bond donors (Lipinski definition) is 1. The lowest BCUT2D eigenvalue weighted by Crippen LogP contribution is -2.08. The summed E-state index contributed by atoms with van der Waals surface area (Å²) in [7, 11) is 0. The second-order valence-electron chi connectivity index (χ2n) is 5.16. The van der Waals surface area contributed by atoms with Gasteiger partial charge in [-0.1, -0.05) is 13.8 Å². The van der Waals surface area contributed by atoms with E-state index in [4.69, 9.17) is 9.47 Å². The van der Waals surface area contributed by atoms with Crippen molar-refractivity contribution in [1.82, 2.24) is 0 Å². The Morgan fingerprint density at radius 3 is 2.62 bits per heavy atom. The third-order valence-corrected chi connectivity index (χ3v) is 2.72. The van der Waals surface area contributed by atoms with Crippen molar-refractivity contribution in [3.63, 3.8) is 0 Å². The third-order valence-electron chi connectivity index (χ3n) is 2.72. The second kappa shape index (κ2) is 9.31. The van der Waals surface area contributed by atoms with Crippen LogP contribution >= 0.6 is 0 Å². The molecule has 1 aromatic carbocycles. The molecule has 0 saturated heterocycles. The molecular weight excluding hydrogens is 272 g/mol. The van der Waals surface area contributed by atoms with Crippen LogP contribution in [0.5, 0.6) is 0 Å². The molecule has 0 unspecified atom stereocenters. The molecule has 0 fully saturated rings. The van der Waals surface area contributed by atoms with Crippen LogP contribution in [0.15, 0.2) is 18.2 Å². The van der Waals surface area contributed by atoms with Crippen LogP contribution in [-0.2, 0) is 16.1 Å². The van der Waals surface area contributed by atoms with Gasteiger partial charge in [0.2, 0.25) is 0 Å². The highest BCUT2D eigenvalue weighted by molar-refractivity contribution is 5.62. The highest BCUT2D eigenvalue weighted by Gasteiger charge is 2.13. The fraction of sp³-hybridized carbons (Fsp3) is 0.600. The lowest BCUT2D eigenvalue weighted by atomic mass is 10.2. The van der Waals surface area contributed by atoms with Gasteiger partial charge in [-0.2, -0.15) is 0 Å². The molecule has 21 heavy (non-hydrogen) atoms. The number of rotatable bonds is 10. The van der Waals surface area contributed by atoms with Gasteiger partial charge in [0, 0.05) is 19.2 Å². The first-order chi connectivity index (χ1) is 10.0. The minimum absolute atomic E-state index is 0.0841.